The van der Waals surface area contributed by atoms with Crippen LogP contribution in [0, 0.1) is 0 Å². The van der Waals surface area contributed by atoms with E-state index in [-0.39, 0.29) is 25.3 Å². The van der Waals surface area contributed by atoms with E-state index in [1.54, 1.807) is 24.4 Å². The van der Waals surface area contributed by atoms with Crippen molar-refractivity contribution in [3.05, 3.63) is 36.0 Å². The van der Waals surface area contributed by atoms with Gasteiger partial charge in [-0.3, -0.25) is 4.79 Å². The van der Waals surface area contributed by atoms with E-state index in [4.69, 9.17) is 4.74 Å². The molecular weight excluding hydrogens is 422 g/mol. The van der Waals surface area contributed by atoms with E-state index >= 15 is 0 Å². The molecule has 31 heavy (non-hydrogen) atoms. The van der Waals surface area contributed by atoms with Gasteiger partial charge in [0.1, 0.15) is 12.4 Å². The van der Waals surface area contributed by atoms with Gasteiger partial charge in [-0.2, -0.15) is 0 Å². The lowest BCUT2D eigenvalue weighted by Crippen LogP contribution is -2.32. The summed E-state index contributed by atoms with van der Waals surface area (Å²) in [5.74, 6) is -2.34. The topological polar surface area (TPSA) is 57.7 Å². The number of nitrogens with one attached hydrogen (secondary N) is 1. The Bertz CT molecular complexity index is 973. The van der Waals surface area contributed by atoms with Crippen LogP contribution in [0.15, 0.2) is 35.5 Å². The Morgan fingerprint density at radius 3 is 2.84 bits per heavy atom. The van der Waals surface area contributed by atoms with E-state index < -0.39 is 5.92 Å². The second-order valence-corrected chi connectivity index (χ2v) is 8.67. The maximum absolute atomic E-state index is 14.0. The first-order valence-corrected chi connectivity index (χ1v) is 11.5. The van der Waals surface area contributed by atoms with Crippen LogP contribution in [0.3, 0.4) is 0 Å². The van der Waals surface area contributed by atoms with Gasteiger partial charge in [0.05, 0.1) is 28.5 Å². The van der Waals surface area contributed by atoms with Crippen molar-refractivity contribution in [2.45, 2.75) is 30.2 Å². The molecule has 6 nitrogen and oxygen atoms in total. The number of pyridine rings is 1. The quantitative estimate of drug-likeness (QED) is 0.695. The molecule has 2 aliphatic heterocycles. The highest BCUT2D eigenvalue weighted by atomic mass is 32.2. The van der Waals surface area contributed by atoms with Crippen molar-refractivity contribution in [1.82, 2.24) is 4.98 Å². The first kappa shape index (κ1) is 21.7. The monoisotopic (exact) mass is 448 g/mol. The maximum Gasteiger partial charge on any atom is 0.257 e. The molecule has 1 saturated heterocycles. The first-order chi connectivity index (χ1) is 14.9. The van der Waals surface area contributed by atoms with Crippen molar-refractivity contribution in [2.75, 3.05) is 54.7 Å². The van der Waals surface area contributed by atoms with Crippen LogP contribution in [0.25, 0.3) is 0 Å². The highest BCUT2D eigenvalue weighted by Crippen LogP contribution is 2.39. The van der Waals surface area contributed by atoms with Gasteiger partial charge in [-0.1, -0.05) is 0 Å². The van der Waals surface area contributed by atoms with Gasteiger partial charge < -0.3 is 19.9 Å². The van der Waals surface area contributed by atoms with Gasteiger partial charge in [0.25, 0.3) is 5.91 Å². The average molecular weight is 449 g/mol. The van der Waals surface area contributed by atoms with E-state index in [9.17, 15) is 13.6 Å². The zero-order valence-electron chi connectivity index (χ0n) is 17.7. The molecule has 0 bridgehead atoms. The van der Waals surface area contributed by atoms with Crippen LogP contribution < -0.4 is 19.9 Å². The summed E-state index contributed by atoms with van der Waals surface area (Å²) in [6.07, 6.45) is 3.58. The van der Waals surface area contributed by atoms with Crippen molar-refractivity contribution in [3.63, 3.8) is 0 Å². The third-order valence-corrected chi connectivity index (χ3v) is 6.32. The van der Waals surface area contributed by atoms with Crippen molar-refractivity contribution in [3.8, 4) is 5.75 Å². The number of benzene rings is 1. The van der Waals surface area contributed by atoms with Crippen LogP contribution in [0.2, 0.25) is 0 Å². The zero-order valence-corrected chi connectivity index (χ0v) is 18.5. The fourth-order valence-corrected chi connectivity index (χ4v) is 4.34. The number of thioether (sulfide) groups is 1. The summed E-state index contributed by atoms with van der Waals surface area (Å²) in [6, 6.07) is 7.16. The summed E-state index contributed by atoms with van der Waals surface area (Å²) in [5, 5.41) is 3.72. The second-order valence-electron chi connectivity index (χ2n) is 7.84. The Morgan fingerprint density at radius 1 is 1.19 bits per heavy atom. The molecule has 2 aliphatic rings. The highest BCUT2D eigenvalue weighted by molar-refractivity contribution is 7.98. The fourth-order valence-electron chi connectivity index (χ4n) is 3.93. The number of hydrogen-bond donors (Lipinski definition) is 1. The number of halogens is 2. The van der Waals surface area contributed by atoms with Crippen LogP contribution in [0.1, 0.15) is 29.6 Å². The maximum atomic E-state index is 14.0. The van der Waals surface area contributed by atoms with E-state index in [1.807, 2.05) is 24.3 Å². The predicted molar refractivity (Wildman–Crippen MR) is 120 cm³/mol. The van der Waals surface area contributed by atoms with E-state index in [0.29, 0.717) is 42.3 Å². The van der Waals surface area contributed by atoms with E-state index in [0.717, 1.165) is 17.3 Å². The van der Waals surface area contributed by atoms with Gasteiger partial charge in [0.2, 0.25) is 5.92 Å². The first-order valence-electron chi connectivity index (χ1n) is 10.3. The Kier molecular flexibility index (Phi) is 6.22. The summed E-state index contributed by atoms with van der Waals surface area (Å²) >= 11 is 1.49. The minimum absolute atomic E-state index is 0.131. The molecule has 1 aromatic carbocycles. The molecular formula is C22H26F2N4O2S. The molecule has 0 atom stereocenters. The zero-order chi connectivity index (χ0) is 22.0. The number of nitrogens with zero attached hydrogens (tertiary/aromatic N) is 3. The number of hydrogen-bond acceptors (Lipinski definition) is 6. The smallest absolute Gasteiger partial charge is 0.257 e. The fraction of sp³-hybridized carbons (Fsp3) is 0.455. The van der Waals surface area contributed by atoms with Gasteiger partial charge in [-0.25, -0.2) is 13.8 Å². The van der Waals surface area contributed by atoms with Crippen LogP contribution >= 0.6 is 11.8 Å². The van der Waals surface area contributed by atoms with Crippen LogP contribution in [0.5, 0.6) is 5.75 Å². The number of alkyl halides is 2. The summed E-state index contributed by atoms with van der Waals surface area (Å²) in [4.78, 5) is 21.5. The molecule has 1 aromatic heterocycles. The largest absolute Gasteiger partial charge is 0.490 e. The SMILES string of the molecule is CSc1cc(NC(=O)c2cc3c(cc2N2CCCC(F)(F)CC2)N(C)CCO3)ccn1. The highest BCUT2D eigenvalue weighted by Gasteiger charge is 2.33. The Hall–Kier alpha value is -2.55. The van der Waals surface area contributed by atoms with E-state index in [2.05, 4.69) is 15.2 Å². The molecule has 4 rings (SSSR count). The molecule has 1 fully saturated rings. The number of carbonyl (C=O) groups is 1. The van der Waals surface area contributed by atoms with Crippen molar-refractivity contribution in [2.24, 2.45) is 0 Å². The normalized spacial score (nSPS) is 18.1. The number of ether oxygens (including phenoxy) is 1. The predicted octanol–water partition coefficient (Wildman–Crippen LogP) is 4.51. The van der Waals surface area contributed by atoms with Crippen LogP contribution in [0.4, 0.5) is 25.8 Å². The number of amides is 1. The van der Waals surface area contributed by atoms with Gasteiger partial charge in [-0.05, 0) is 36.9 Å². The molecule has 0 spiro atoms. The van der Waals surface area contributed by atoms with Gasteiger partial charge >= 0.3 is 0 Å². The number of likely N-dealkylation sites (N-methyl/N-ethyl adjacent to an activating group) is 1. The van der Waals surface area contributed by atoms with Crippen molar-refractivity contribution >= 4 is 34.7 Å². The summed E-state index contributed by atoms with van der Waals surface area (Å²) in [7, 11) is 1.96. The molecule has 1 N–H and O–H groups in total. The van der Waals surface area contributed by atoms with E-state index in [1.165, 1.54) is 11.8 Å². The Balaban J connectivity index is 1.70. The number of fused-ring (bicyclic) bond motifs is 1. The number of anilines is 3. The lowest BCUT2D eigenvalue weighted by molar-refractivity contribution is -0.0102. The Labute approximate surface area is 185 Å². The molecule has 3 heterocycles. The summed E-state index contributed by atoms with van der Waals surface area (Å²) in [5.41, 5.74) is 2.57. The summed E-state index contributed by atoms with van der Waals surface area (Å²) < 4.78 is 33.7. The molecule has 0 saturated carbocycles. The lowest BCUT2D eigenvalue weighted by atomic mass is 10.1. The average Bonchev–Trinajstić information content (AvgIpc) is 2.93. The third kappa shape index (κ3) is 4.87. The molecule has 166 valence electrons. The van der Waals surface area contributed by atoms with Crippen LogP contribution in [-0.2, 0) is 0 Å². The lowest BCUT2D eigenvalue weighted by Gasteiger charge is -2.32. The molecule has 9 heteroatoms. The van der Waals surface area contributed by atoms with Gasteiger partial charge in [0, 0.05) is 44.9 Å². The number of aromatic nitrogens is 1. The van der Waals surface area contributed by atoms with Gasteiger partial charge in [0.15, 0.2) is 0 Å². The number of carbonyl (C=O) groups excluding carboxylic acids is 1. The molecule has 0 unspecified atom stereocenters. The number of rotatable bonds is 4. The Morgan fingerprint density at radius 2 is 2.03 bits per heavy atom. The minimum Gasteiger partial charge on any atom is -0.490 e. The molecule has 2 aromatic rings. The standard InChI is InChI=1S/C22H26F2N4O2S/c1-27-10-11-30-19-13-16(21(29)26-15-4-7-25-20(12-15)31-2)17(14-18(19)27)28-8-3-5-22(23,24)6-9-28/h4,7,12-14H,3,5-6,8-11H2,1-2H3,(H,25,26,29). The van der Waals surface area contributed by atoms with Crippen molar-refractivity contribution < 1.29 is 18.3 Å². The third-order valence-electron chi connectivity index (χ3n) is 5.68. The van der Waals surface area contributed by atoms with Gasteiger partial charge in [-0.15, -0.1) is 11.8 Å². The molecule has 1 amide bonds. The van der Waals surface area contributed by atoms with Crippen LogP contribution in [-0.4, -0.2) is 56.4 Å². The van der Waals surface area contributed by atoms with Crippen molar-refractivity contribution in [1.29, 1.82) is 0 Å². The molecule has 0 aliphatic carbocycles. The molecule has 0 radical (unpaired) electrons. The second kappa shape index (κ2) is 8.90. The summed E-state index contributed by atoms with van der Waals surface area (Å²) in [6.45, 7) is 1.93. The minimum atomic E-state index is -2.67.